The summed E-state index contributed by atoms with van der Waals surface area (Å²) in [4.78, 5) is 26.8. The summed E-state index contributed by atoms with van der Waals surface area (Å²) in [5.74, 6) is -0.114. The Morgan fingerprint density at radius 3 is 2.80 bits per heavy atom. The highest BCUT2D eigenvalue weighted by atomic mass is 16.2. The molecule has 20 heavy (non-hydrogen) atoms. The third-order valence-electron chi connectivity index (χ3n) is 2.81. The van der Waals surface area contributed by atoms with Gasteiger partial charge in [0.25, 0.3) is 0 Å². The Hall–Kier alpha value is -2.37. The third-order valence-corrected chi connectivity index (χ3v) is 2.81. The van der Waals surface area contributed by atoms with Crippen molar-refractivity contribution in [2.24, 2.45) is 0 Å². The first-order chi connectivity index (χ1) is 9.65. The van der Waals surface area contributed by atoms with Crippen LogP contribution in [0.4, 0.5) is 0 Å². The Morgan fingerprint density at radius 1 is 1.25 bits per heavy atom. The molecule has 0 bridgehead atoms. The Labute approximate surface area is 117 Å². The predicted molar refractivity (Wildman–Crippen MR) is 75.2 cm³/mol. The van der Waals surface area contributed by atoms with Crippen LogP contribution >= 0.6 is 0 Å². The molecular weight excluding hydrogens is 256 g/mol. The van der Waals surface area contributed by atoms with Crippen LogP contribution in [-0.2, 0) is 16.0 Å². The maximum atomic E-state index is 11.7. The number of amides is 2. The molecule has 2 rings (SSSR count). The zero-order valence-corrected chi connectivity index (χ0v) is 11.4. The van der Waals surface area contributed by atoms with Crippen molar-refractivity contribution in [3.05, 3.63) is 36.3 Å². The summed E-state index contributed by atoms with van der Waals surface area (Å²) in [5, 5.41) is 5.49. The van der Waals surface area contributed by atoms with E-state index in [9.17, 15) is 9.59 Å². The highest BCUT2D eigenvalue weighted by Gasteiger charge is 2.06. The zero-order valence-electron chi connectivity index (χ0n) is 11.4. The summed E-state index contributed by atoms with van der Waals surface area (Å²) >= 11 is 0. The second-order valence-corrected chi connectivity index (χ2v) is 4.56. The zero-order chi connectivity index (χ0) is 14.4. The van der Waals surface area contributed by atoms with E-state index in [0.29, 0.717) is 13.1 Å². The molecule has 0 aliphatic heterocycles. The van der Waals surface area contributed by atoms with Gasteiger partial charge in [-0.15, -0.1) is 0 Å². The molecule has 0 atom stereocenters. The minimum atomic E-state index is -0.0590. The van der Waals surface area contributed by atoms with E-state index in [2.05, 4.69) is 15.6 Å². The van der Waals surface area contributed by atoms with Gasteiger partial charge in [0, 0.05) is 32.4 Å². The molecule has 0 spiro atoms. The van der Waals surface area contributed by atoms with Crippen LogP contribution in [0, 0.1) is 0 Å². The van der Waals surface area contributed by atoms with Crippen LogP contribution in [0.2, 0.25) is 0 Å². The van der Waals surface area contributed by atoms with Crippen molar-refractivity contribution in [1.29, 1.82) is 0 Å². The molecular formula is C14H18N4O2. The van der Waals surface area contributed by atoms with Crippen LogP contribution < -0.4 is 10.6 Å². The summed E-state index contributed by atoms with van der Waals surface area (Å²) in [6.07, 6.45) is 4.74. The molecule has 0 saturated heterocycles. The second-order valence-electron chi connectivity index (χ2n) is 4.56. The Bertz CT molecular complexity index is 573. The number of aromatic nitrogens is 2. The number of pyridine rings is 1. The first-order valence-corrected chi connectivity index (χ1v) is 6.59. The number of carbonyl (C=O) groups is 2. The van der Waals surface area contributed by atoms with Gasteiger partial charge in [0.2, 0.25) is 11.8 Å². The number of carbonyl (C=O) groups excluding carboxylic acids is 2. The molecule has 0 radical (unpaired) electrons. The summed E-state index contributed by atoms with van der Waals surface area (Å²) in [6.45, 7) is 2.60. The first-order valence-electron chi connectivity index (χ1n) is 6.59. The standard InChI is InChI=1S/C14H18N4O2/c1-11(19)15-6-4-7-16-14(20)9-12-10-18-8-3-2-5-13(18)17-12/h2-3,5,8,10H,4,6-7,9H2,1H3,(H,15,19)(H,16,20). The first kappa shape index (κ1) is 14.0. The average molecular weight is 274 g/mol. The molecule has 2 amide bonds. The average Bonchev–Trinajstić information content (AvgIpc) is 2.79. The van der Waals surface area contributed by atoms with Gasteiger partial charge in [-0.05, 0) is 18.6 Å². The van der Waals surface area contributed by atoms with E-state index in [0.717, 1.165) is 17.8 Å². The van der Waals surface area contributed by atoms with Crippen LogP contribution in [0.3, 0.4) is 0 Å². The lowest BCUT2D eigenvalue weighted by Gasteiger charge is -2.04. The van der Waals surface area contributed by atoms with E-state index in [1.165, 1.54) is 6.92 Å². The van der Waals surface area contributed by atoms with Crippen molar-refractivity contribution in [3.8, 4) is 0 Å². The monoisotopic (exact) mass is 274 g/mol. The minimum absolute atomic E-state index is 0.0546. The van der Waals surface area contributed by atoms with Crippen LogP contribution in [0.25, 0.3) is 5.65 Å². The highest BCUT2D eigenvalue weighted by molar-refractivity contribution is 5.78. The maximum absolute atomic E-state index is 11.7. The number of nitrogens with one attached hydrogen (secondary N) is 2. The van der Waals surface area contributed by atoms with Crippen LogP contribution in [0.5, 0.6) is 0 Å². The number of hydrogen-bond donors (Lipinski definition) is 2. The molecule has 2 aromatic rings. The molecule has 2 aromatic heterocycles. The summed E-state index contributed by atoms with van der Waals surface area (Å²) < 4.78 is 1.89. The molecule has 2 N–H and O–H groups in total. The van der Waals surface area contributed by atoms with Crippen molar-refractivity contribution in [1.82, 2.24) is 20.0 Å². The molecule has 0 aliphatic rings. The van der Waals surface area contributed by atoms with Crippen molar-refractivity contribution >= 4 is 17.5 Å². The van der Waals surface area contributed by atoms with E-state index in [-0.39, 0.29) is 18.2 Å². The molecule has 6 heteroatoms. The van der Waals surface area contributed by atoms with Gasteiger partial charge in [0.1, 0.15) is 5.65 Å². The molecule has 0 aliphatic carbocycles. The summed E-state index contributed by atoms with van der Waals surface area (Å²) in [5.41, 5.74) is 1.58. The topological polar surface area (TPSA) is 75.5 Å². The fourth-order valence-electron chi connectivity index (χ4n) is 1.88. The molecule has 0 saturated carbocycles. The molecule has 0 unspecified atom stereocenters. The van der Waals surface area contributed by atoms with Gasteiger partial charge in [0.15, 0.2) is 0 Å². The highest BCUT2D eigenvalue weighted by Crippen LogP contribution is 2.04. The van der Waals surface area contributed by atoms with Crippen molar-refractivity contribution in [2.45, 2.75) is 19.8 Å². The van der Waals surface area contributed by atoms with E-state index >= 15 is 0 Å². The third kappa shape index (κ3) is 4.08. The van der Waals surface area contributed by atoms with Gasteiger partial charge in [0.05, 0.1) is 12.1 Å². The molecule has 2 heterocycles. The molecule has 0 aromatic carbocycles. The quantitative estimate of drug-likeness (QED) is 0.754. The van der Waals surface area contributed by atoms with Crippen LogP contribution in [-0.4, -0.2) is 34.3 Å². The van der Waals surface area contributed by atoms with Gasteiger partial charge >= 0.3 is 0 Å². The van der Waals surface area contributed by atoms with Crippen LogP contribution in [0.1, 0.15) is 19.0 Å². The minimum Gasteiger partial charge on any atom is -0.356 e. The molecule has 106 valence electrons. The Balaban J connectivity index is 1.75. The van der Waals surface area contributed by atoms with Crippen LogP contribution in [0.15, 0.2) is 30.6 Å². The van der Waals surface area contributed by atoms with E-state index in [1.807, 2.05) is 35.0 Å². The number of imidazole rings is 1. The maximum Gasteiger partial charge on any atom is 0.226 e. The summed E-state index contributed by atoms with van der Waals surface area (Å²) in [7, 11) is 0. The van der Waals surface area contributed by atoms with Gasteiger partial charge in [-0.1, -0.05) is 6.07 Å². The summed E-state index contributed by atoms with van der Waals surface area (Å²) in [6, 6.07) is 5.73. The van der Waals surface area contributed by atoms with Crippen molar-refractivity contribution < 1.29 is 9.59 Å². The van der Waals surface area contributed by atoms with Gasteiger partial charge < -0.3 is 15.0 Å². The van der Waals surface area contributed by atoms with E-state index in [4.69, 9.17) is 0 Å². The fraction of sp³-hybridized carbons (Fsp3) is 0.357. The lowest BCUT2D eigenvalue weighted by molar-refractivity contribution is -0.120. The number of hydrogen-bond acceptors (Lipinski definition) is 3. The largest absolute Gasteiger partial charge is 0.356 e. The van der Waals surface area contributed by atoms with E-state index < -0.39 is 0 Å². The lowest BCUT2D eigenvalue weighted by Crippen LogP contribution is -2.29. The lowest BCUT2D eigenvalue weighted by atomic mass is 10.3. The smallest absolute Gasteiger partial charge is 0.226 e. The number of rotatable bonds is 6. The van der Waals surface area contributed by atoms with Gasteiger partial charge in [-0.3, -0.25) is 9.59 Å². The second kappa shape index (κ2) is 6.70. The SMILES string of the molecule is CC(=O)NCCCNC(=O)Cc1cn2ccccc2n1. The molecule has 6 nitrogen and oxygen atoms in total. The normalized spacial score (nSPS) is 10.4. The Kier molecular flexibility index (Phi) is 4.70. The molecule has 0 fully saturated rings. The van der Waals surface area contributed by atoms with E-state index in [1.54, 1.807) is 0 Å². The number of fused-ring (bicyclic) bond motifs is 1. The fourth-order valence-corrected chi connectivity index (χ4v) is 1.88. The number of nitrogens with zero attached hydrogens (tertiary/aromatic N) is 2. The Morgan fingerprint density at radius 2 is 2.05 bits per heavy atom. The predicted octanol–water partition coefficient (Wildman–Crippen LogP) is 0.519. The van der Waals surface area contributed by atoms with Gasteiger partial charge in [-0.2, -0.15) is 0 Å². The van der Waals surface area contributed by atoms with Crippen molar-refractivity contribution in [2.75, 3.05) is 13.1 Å². The van der Waals surface area contributed by atoms with Crippen molar-refractivity contribution in [3.63, 3.8) is 0 Å². The van der Waals surface area contributed by atoms with Gasteiger partial charge in [-0.25, -0.2) is 4.98 Å².